The van der Waals surface area contributed by atoms with Crippen molar-refractivity contribution in [1.82, 2.24) is 34.5 Å². The first kappa shape index (κ1) is 20.4. The first-order valence-electron chi connectivity index (χ1n) is 11.1. The summed E-state index contributed by atoms with van der Waals surface area (Å²) in [5, 5.41) is 0. The summed E-state index contributed by atoms with van der Waals surface area (Å²) in [5.74, 6) is 2.80. The molecule has 9 heteroatoms. The molecule has 4 aromatic heterocycles. The van der Waals surface area contributed by atoms with Crippen molar-refractivity contribution in [3.05, 3.63) is 67.1 Å². The highest BCUT2D eigenvalue weighted by Crippen LogP contribution is 2.31. The van der Waals surface area contributed by atoms with Gasteiger partial charge in [0.25, 0.3) is 0 Å². The molecule has 1 fully saturated rings. The quantitative estimate of drug-likeness (QED) is 0.411. The van der Waals surface area contributed by atoms with E-state index in [1.807, 2.05) is 55.6 Å². The van der Waals surface area contributed by atoms with Crippen molar-refractivity contribution < 1.29 is 4.74 Å². The molecule has 6 rings (SSSR count). The van der Waals surface area contributed by atoms with E-state index in [-0.39, 0.29) is 0 Å². The van der Waals surface area contributed by atoms with Gasteiger partial charge in [-0.2, -0.15) is 0 Å². The van der Waals surface area contributed by atoms with Gasteiger partial charge in [0.2, 0.25) is 0 Å². The lowest BCUT2D eigenvalue weighted by Crippen LogP contribution is -2.37. The molecule has 0 radical (unpaired) electrons. The van der Waals surface area contributed by atoms with E-state index >= 15 is 0 Å². The Bertz CT molecular complexity index is 1450. The molecule has 0 unspecified atom stereocenters. The SMILES string of the molecule is Cn1c(-c2ccncc2)nc2nc(-c3ccnc(-c4ccccc4)n3)nc(N3CCOCC3)c21. The molecule has 0 N–H and O–H groups in total. The lowest BCUT2D eigenvalue weighted by Gasteiger charge is -2.28. The fraction of sp³-hybridized carbons (Fsp3) is 0.200. The number of ether oxygens (including phenoxy) is 1. The maximum atomic E-state index is 5.58. The Kier molecular flexibility index (Phi) is 5.15. The van der Waals surface area contributed by atoms with Gasteiger partial charge in [0.1, 0.15) is 17.0 Å². The number of benzene rings is 1. The van der Waals surface area contributed by atoms with Crippen molar-refractivity contribution in [2.45, 2.75) is 0 Å². The average Bonchev–Trinajstić information content (AvgIpc) is 3.26. The molecule has 0 aliphatic carbocycles. The highest BCUT2D eigenvalue weighted by Gasteiger charge is 2.23. The number of nitrogens with zero attached hydrogens (tertiary/aromatic N) is 8. The number of aryl methyl sites for hydroxylation is 1. The van der Waals surface area contributed by atoms with Crippen LogP contribution in [-0.4, -0.2) is 60.8 Å². The Hall–Kier alpha value is -4.24. The highest BCUT2D eigenvalue weighted by atomic mass is 16.5. The van der Waals surface area contributed by atoms with Gasteiger partial charge >= 0.3 is 0 Å². The summed E-state index contributed by atoms with van der Waals surface area (Å²) in [4.78, 5) is 30.3. The van der Waals surface area contributed by atoms with E-state index in [0.29, 0.717) is 36.2 Å². The number of aromatic nitrogens is 7. The Balaban J connectivity index is 1.53. The number of imidazole rings is 1. The molecule has 0 saturated carbocycles. The zero-order chi connectivity index (χ0) is 22.9. The van der Waals surface area contributed by atoms with Gasteiger partial charge in [0.05, 0.1) is 13.2 Å². The molecule has 0 spiro atoms. The summed E-state index contributed by atoms with van der Waals surface area (Å²) in [6.07, 6.45) is 5.27. The molecule has 0 amide bonds. The normalized spacial score (nSPS) is 14.0. The predicted octanol–water partition coefficient (Wildman–Crippen LogP) is 3.39. The molecule has 168 valence electrons. The van der Waals surface area contributed by atoms with Gasteiger partial charge in [0.15, 0.2) is 23.1 Å². The Morgan fingerprint density at radius 3 is 2.35 bits per heavy atom. The maximum Gasteiger partial charge on any atom is 0.184 e. The van der Waals surface area contributed by atoms with Crippen molar-refractivity contribution in [2.75, 3.05) is 31.2 Å². The summed E-state index contributed by atoms with van der Waals surface area (Å²) in [5.41, 5.74) is 4.08. The molecule has 0 bridgehead atoms. The smallest absolute Gasteiger partial charge is 0.184 e. The Morgan fingerprint density at radius 1 is 0.765 bits per heavy atom. The van der Waals surface area contributed by atoms with Gasteiger partial charge in [-0.1, -0.05) is 30.3 Å². The molecule has 1 aliphatic rings. The van der Waals surface area contributed by atoms with Gasteiger partial charge < -0.3 is 14.2 Å². The van der Waals surface area contributed by atoms with Crippen LogP contribution < -0.4 is 4.90 Å². The standard InChI is InChI=1S/C25H22N8O/c1-32-20-23(31-24(32)18-7-10-26-11-8-18)29-22(30-25(20)33-13-15-34-16-14-33)19-9-12-27-21(28-19)17-5-3-2-4-6-17/h2-12H,13-16H2,1H3. The third-order valence-corrected chi connectivity index (χ3v) is 5.88. The molecular formula is C25H22N8O. The van der Waals surface area contributed by atoms with Crippen LogP contribution in [-0.2, 0) is 11.8 Å². The van der Waals surface area contributed by atoms with E-state index in [0.717, 1.165) is 41.4 Å². The van der Waals surface area contributed by atoms with Crippen LogP contribution in [0.3, 0.4) is 0 Å². The van der Waals surface area contributed by atoms with Crippen LogP contribution in [0.15, 0.2) is 67.1 Å². The van der Waals surface area contributed by atoms with Crippen molar-refractivity contribution in [1.29, 1.82) is 0 Å². The van der Waals surface area contributed by atoms with E-state index < -0.39 is 0 Å². The van der Waals surface area contributed by atoms with Gasteiger partial charge in [-0.3, -0.25) is 4.98 Å². The molecule has 1 aliphatic heterocycles. The fourth-order valence-corrected chi connectivity index (χ4v) is 4.17. The summed E-state index contributed by atoms with van der Waals surface area (Å²) in [7, 11) is 2.00. The van der Waals surface area contributed by atoms with E-state index in [4.69, 9.17) is 24.7 Å². The summed E-state index contributed by atoms with van der Waals surface area (Å²) >= 11 is 0. The topological polar surface area (TPSA) is 94.7 Å². The van der Waals surface area contributed by atoms with Crippen LogP contribution in [0.5, 0.6) is 0 Å². The summed E-state index contributed by atoms with van der Waals surface area (Å²) < 4.78 is 7.63. The number of pyridine rings is 1. The van der Waals surface area contributed by atoms with Crippen molar-refractivity contribution >= 4 is 17.0 Å². The second-order valence-corrected chi connectivity index (χ2v) is 8.00. The fourth-order valence-electron chi connectivity index (χ4n) is 4.17. The predicted molar refractivity (Wildman–Crippen MR) is 129 cm³/mol. The van der Waals surface area contributed by atoms with Gasteiger partial charge in [0, 0.05) is 49.9 Å². The van der Waals surface area contributed by atoms with Crippen LogP contribution >= 0.6 is 0 Å². The lowest BCUT2D eigenvalue weighted by molar-refractivity contribution is 0.122. The van der Waals surface area contributed by atoms with Crippen molar-refractivity contribution in [2.24, 2.45) is 7.05 Å². The average molecular weight is 451 g/mol. The second kappa shape index (κ2) is 8.60. The second-order valence-electron chi connectivity index (χ2n) is 8.00. The van der Waals surface area contributed by atoms with Crippen LogP contribution in [0.4, 0.5) is 5.82 Å². The first-order chi connectivity index (χ1) is 16.8. The van der Waals surface area contributed by atoms with Crippen LogP contribution in [0.25, 0.3) is 45.5 Å². The number of anilines is 1. The van der Waals surface area contributed by atoms with Crippen LogP contribution in [0, 0.1) is 0 Å². The number of morpholine rings is 1. The third-order valence-electron chi connectivity index (χ3n) is 5.88. The molecule has 9 nitrogen and oxygen atoms in total. The van der Waals surface area contributed by atoms with Crippen molar-refractivity contribution in [3.8, 4) is 34.3 Å². The van der Waals surface area contributed by atoms with Crippen LogP contribution in [0.1, 0.15) is 0 Å². The molecule has 0 atom stereocenters. The minimum atomic E-state index is 0.521. The van der Waals surface area contributed by atoms with Crippen molar-refractivity contribution in [3.63, 3.8) is 0 Å². The lowest BCUT2D eigenvalue weighted by atomic mass is 10.2. The van der Waals surface area contributed by atoms with Gasteiger partial charge in [-0.15, -0.1) is 0 Å². The molecule has 5 aromatic rings. The molecule has 34 heavy (non-hydrogen) atoms. The first-order valence-corrected chi connectivity index (χ1v) is 11.1. The van der Waals surface area contributed by atoms with E-state index in [9.17, 15) is 0 Å². The number of rotatable bonds is 4. The number of hydrogen-bond donors (Lipinski definition) is 0. The Labute approximate surface area is 196 Å². The molecule has 5 heterocycles. The number of fused-ring (bicyclic) bond motifs is 1. The Morgan fingerprint density at radius 2 is 1.56 bits per heavy atom. The summed E-state index contributed by atoms with van der Waals surface area (Å²) in [6, 6.07) is 15.6. The van der Waals surface area contributed by atoms with Gasteiger partial charge in [-0.25, -0.2) is 24.9 Å². The number of hydrogen-bond acceptors (Lipinski definition) is 8. The van der Waals surface area contributed by atoms with E-state index in [1.165, 1.54) is 0 Å². The molecule has 1 saturated heterocycles. The summed E-state index contributed by atoms with van der Waals surface area (Å²) in [6.45, 7) is 2.81. The van der Waals surface area contributed by atoms with Crippen LogP contribution in [0.2, 0.25) is 0 Å². The molecular weight excluding hydrogens is 428 g/mol. The monoisotopic (exact) mass is 450 g/mol. The maximum absolute atomic E-state index is 5.58. The minimum absolute atomic E-state index is 0.521. The van der Waals surface area contributed by atoms with E-state index in [2.05, 4.69) is 19.4 Å². The largest absolute Gasteiger partial charge is 0.378 e. The molecule has 1 aromatic carbocycles. The third kappa shape index (κ3) is 3.65. The minimum Gasteiger partial charge on any atom is -0.378 e. The van der Waals surface area contributed by atoms with E-state index in [1.54, 1.807) is 18.6 Å². The highest BCUT2D eigenvalue weighted by molar-refractivity contribution is 5.89. The van der Waals surface area contributed by atoms with Gasteiger partial charge in [-0.05, 0) is 18.2 Å². The zero-order valence-corrected chi connectivity index (χ0v) is 18.7. The zero-order valence-electron chi connectivity index (χ0n) is 18.7.